The van der Waals surface area contributed by atoms with E-state index in [4.69, 9.17) is 9.84 Å². The van der Waals surface area contributed by atoms with Gasteiger partial charge in [0.2, 0.25) is 11.7 Å². The van der Waals surface area contributed by atoms with Crippen LogP contribution < -0.4 is 20.7 Å². The maximum absolute atomic E-state index is 15.1. The van der Waals surface area contributed by atoms with E-state index in [0.29, 0.717) is 23.6 Å². The van der Waals surface area contributed by atoms with E-state index < -0.39 is 54.0 Å². The zero-order valence-corrected chi connectivity index (χ0v) is 23.1. The van der Waals surface area contributed by atoms with Crippen molar-refractivity contribution in [3.05, 3.63) is 95.8 Å². The molecule has 42 heavy (non-hydrogen) atoms. The summed E-state index contributed by atoms with van der Waals surface area (Å²) in [6, 6.07) is 17.2. The number of carboxylic acid groups (broad SMARTS) is 1. The first-order chi connectivity index (χ1) is 20.0. The quantitative estimate of drug-likeness (QED) is 0.213. The van der Waals surface area contributed by atoms with Crippen LogP contribution in [0.5, 0.6) is 5.75 Å². The van der Waals surface area contributed by atoms with Crippen LogP contribution in [-0.2, 0) is 34.0 Å². The average Bonchev–Trinajstić information content (AvgIpc) is 2.98. The molecule has 4 N–H and O–H groups in total. The van der Waals surface area contributed by atoms with Crippen molar-refractivity contribution in [3.8, 4) is 5.75 Å². The van der Waals surface area contributed by atoms with Crippen LogP contribution in [0.2, 0.25) is 0 Å². The minimum Gasteiger partial charge on any atom is -0.489 e. The van der Waals surface area contributed by atoms with Crippen molar-refractivity contribution in [1.82, 2.24) is 20.9 Å². The highest BCUT2D eigenvalue weighted by Gasteiger charge is 2.50. The summed E-state index contributed by atoms with van der Waals surface area (Å²) in [5.41, 5.74) is 1.62. The van der Waals surface area contributed by atoms with Crippen LogP contribution in [0.1, 0.15) is 30.7 Å². The van der Waals surface area contributed by atoms with Crippen molar-refractivity contribution in [1.29, 1.82) is 0 Å². The highest BCUT2D eigenvalue weighted by Crippen LogP contribution is 2.22. The van der Waals surface area contributed by atoms with E-state index in [1.165, 1.54) is 12.3 Å². The maximum Gasteiger partial charge on any atom is 0.405 e. The van der Waals surface area contributed by atoms with E-state index in [2.05, 4.69) is 10.3 Å². The minimum atomic E-state index is -4.51. The highest BCUT2D eigenvalue weighted by atomic mass is 19.3. The summed E-state index contributed by atoms with van der Waals surface area (Å²) in [6.07, 6.45) is -0.480. The van der Waals surface area contributed by atoms with E-state index in [0.717, 1.165) is 5.56 Å². The summed E-state index contributed by atoms with van der Waals surface area (Å²) in [5, 5.41) is 15.4. The summed E-state index contributed by atoms with van der Waals surface area (Å²) < 4.78 is 36.0. The molecule has 0 aliphatic heterocycles. The van der Waals surface area contributed by atoms with Gasteiger partial charge in [0, 0.05) is 12.6 Å². The topological polar surface area (TPSA) is 147 Å². The van der Waals surface area contributed by atoms with Gasteiger partial charge in [-0.3, -0.25) is 19.4 Å². The predicted molar refractivity (Wildman–Crippen MR) is 149 cm³/mol. The number of ether oxygens (including phenoxy) is 1. The number of alkyl halides is 2. The Morgan fingerprint density at radius 2 is 1.57 bits per heavy atom. The molecule has 0 aliphatic rings. The summed E-state index contributed by atoms with van der Waals surface area (Å²) in [6.45, 7) is 3.04. The number of aromatic nitrogens is 1. The average molecular weight is 583 g/mol. The molecule has 10 nitrogen and oxygen atoms in total. The number of pyridine rings is 1. The SMILES string of the molecule is CC(C)C(NC(=O)O)C(=O)NC(Cc1ccc(OCc2ccccc2)cc1)C(=O)C(F)(F)C(=O)NCc1ccccn1. The Hall–Kier alpha value is -4.87. The third-order valence-corrected chi connectivity index (χ3v) is 6.22. The molecule has 0 radical (unpaired) electrons. The number of nitrogens with zero attached hydrogens (tertiary/aromatic N) is 1. The largest absolute Gasteiger partial charge is 0.489 e. The number of carbonyl (C=O) groups is 4. The molecule has 1 heterocycles. The number of amides is 3. The van der Waals surface area contributed by atoms with Gasteiger partial charge in [-0.1, -0.05) is 62.4 Å². The van der Waals surface area contributed by atoms with Crippen LogP contribution >= 0.6 is 0 Å². The van der Waals surface area contributed by atoms with Gasteiger partial charge in [0.05, 0.1) is 18.3 Å². The first-order valence-corrected chi connectivity index (χ1v) is 13.1. The van der Waals surface area contributed by atoms with Crippen LogP contribution in [-0.4, -0.2) is 51.8 Å². The lowest BCUT2D eigenvalue weighted by atomic mass is 9.96. The number of Topliss-reactive ketones (excluding diaryl/α,β-unsaturated/α-hetero) is 1. The fourth-order valence-corrected chi connectivity index (χ4v) is 3.95. The van der Waals surface area contributed by atoms with Crippen LogP contribution in [0, 0.1) is 5.92 Å². The molecular formula is C30H32F2N4O6. The molecule has 3 rings (SSSR count). The second-order valence-electron chi connectivity index (χ2n) is 9.80. The fourth-order valence-electron chi connectivity index (χ4n) is 3.95. The van der Waals surface area contributed by atoms with E-state index in [9.17, 15) is 19.2 Å². The molecule has 222 valence electrons. The zero-order chi connectivity index (χ0) is 30.7. The second kappa shape index (κ2) is 14.7. The van der Waals surface area contributed by atoms with Crippen LogP contribution in [0.25, 0.3) is 0 Å². The maximum atomic E-state index is 15.1. The van der Waals surface area contributed by atoms with Gasteiger partial charge in [-0.25, -0.2) is 4.79 Å². The number of benzene rings is 2. The molecule has 0 spiro atoms. The van der Waals surface area contributed by atoms with E-state index in [1.807, 2.05) is 41.0 Å². The fraction of sp³-hybridized carbons (Fsp3) is 0.300. The molecule has 2 unspecified atom stereocenters. The zero-order valence-electron chi connectivity index (χ0n) is 23.1. The number of carbonyl (C=O) groups excluding carboxylic acids is 3. The number of hydrogen-bond donors (Lipinski definition) is 4. The van der Waals surface area contributed by atoms with Crippen molar-refractivity contribution in [2.45, 2.75) is 51.4 Å². The molecule has 0 saturated heterocycles. The van der Waals surface area contributed by atoms with E-state index in [-0.39, 0.29) is 6.54 Å². The molecule has 0 saturated carbocycles. The molecule has 3 aromatic rings. The van der Waals surface area contributed by atoms with Gasteiger partial charge >= 0.3 is 12.0 Å². The molecule has 0 fully saturated rings. The van der Waals surface area contributed by atoms with Crippen molar-refractivity contribution in [2.75, 3.05) is 0 Å². The van der Waals surface area contributed by atoms with E-state index in [1.54, 1.807) is 50.2 Å². The molecule has 0 bridgehead atoms. The van der Waals surface area contributed by atoms with Gasteiger partial charge < -0.3 is 25.8 Å². The Bertz CT molecular complexity index is 1360. The van der Waals surface area contributed by atoms with Crippen LogP contribution in [0.4, 0.5) is 13.6 Å². The van der Waals surface area contributed by atoms with Gasteiger partial charge in [-0.2, -0.15) is 8.78 Å². The normalized spacial score (nSPS) is 12.6. The van der Waals surface area contributed by atoms with Gasteiger partial charge in [0.15, 0.2) is 0 Å². The Morgan fingerprint density at radius 3 is 2.17 bits per heavy atom. The van der Waals surface area contributed by atoms with Gasteiger partial charge in [0.1, 0.15) is 18.4 Å². The van der Waals surface area contributed by atoms with Crippen LogP contribution in [0.15, 0.2) is 79.0 Å². The molecule has 3 amide bonds. The number of hydrogen-bond acceptors (Lipinski definition) is 6. The lowest BCUT2D eigenvalue weighted by molar-refractivity contribution is -0.160. The van der Waals surface area contributed by atoms with Crippen molar-refractivity contribution < 1.29 is 37.8 Å². The molecule has 12 heteroatoms. The number of halogens is 2. The second-order valence-corrected chi connectivity index (χ2v) is 9.80. The third-order valence-electron chi connectivity index (χ3n) is 6.22. The Morgan fingerprint density at radius 1 is 0.905 bits per heavy atom. The molecule has 2 atom stereocenters. The standard InChI is InChI=1S/C30H32F2N4O6/c1-19(2)25(36-29(40)41)27(38)35-24(26(37)30(31,32)28(39)34-17-22-10-6-7-15-33-22)16-20-11-13-23(14-12-20)42-18-21-8-4-3-5-9-21/h3-15,19,24-25,36H,16-18H2,1-2H3,(H,34,39)(H,35,38)(H,40,41). The van der Waals surface area contributed by atoms with Crippen LogP contribution in [0.3, 0.4) is 0 Å². The van der Waals surface area contributed by atoms with Crippen molar-refractivity contribution >= 4 is 23.7 Å². The number of ketones is 1. The summed E-state index contributed by atoms with van der Waals surface area (Å²) in [5.74, 6) is -9.29. The smallest absolute Gasteiger partial charge is 0.405 e. The number of nitrogens with one attached hydrogen (secondary N) is 3. The predicted octanol–water partition coefficient (Wildman–Crippen LogP) is 3.50. The van der Waals surface area contributed by atoms with E-state index >= 15 is 8.78 Å². The first kappa shape index (κ1) is 31.7. The minimum absolute atomic E-state index is 0.296. The van der Waals surface area contributed by atoms with Crippen molar-refractivity contribution in [2.24, 2.45) is 5.92 Å². The molecule has 1 aromatic heterocycles. The van der Waals surface area contributed by atoms with Gasteiger partial charge in [-0.15, -0.1) is 0 Å². The van der Waals surface area contributed by atoms with Gasteiger partial charge in [0.25, 0.3) is 5.91 Å². The summed E-state index contributed by atoms with van der Waals surface area (Å²) >= 11 is 0. The Labute approximate surface area is 241 Å². The Balaban J connectivity index is 1.78. The highest BCUT2D eigenvalue weighted by molar-refractivity contribution is 6.10. The monoisotopic (exact) mass is 582 g/mol. The molecule has 0 aliphatic carbocycles. The van der Waals surface area contributed by atoms with Gasteiger partial charge in [-0.05, 0) is 41.3 Å². The molecule has 2 aromatic carbocycles. The third kappa shape index (κ3) is 9.08. The summed E-state index contributed by atoms with van der Waals surface area (Å²) in [4.78, 5) is 53.6. The first-order valence-electron chi connectivity index (χ1n) is 13.1. The number of rotatable bonds is 14. The van der Waals surface area contributed by atoms with Crippen molar-refractivity contribution in [3.63, 3.8) is 0 Å². The lowest BCUT2D eigenvalue weighted by Crippen LogP contribution is -2.58. The molecular weight excluding hydrogens is 550 g/mol. The summed E-state index contributed by atoms with van der Waals surface area (Å²) in [7, 11) is 0. The lowest BCUT2D eigenvalue weighted by Gasteiger charge is -2.26. The Kier molecular flexibility index (Phi) is 11.1.